The van der Waals surface area contributed by atoms with Gasteiger partial charge in [0.2, 0.25) is 5.91 Å². The van der Waals surface area contributed by atoms with Crippen LogP contribution < -0.4 is 0 Å². The highest BCUT2D eigenvalue weighted by Crippen LogP contribution is 2.75. The van der Waals surface area contributed by atoms with E-state index in [2.05, 4.69) is 54.5 Å². The average molecular weight is 542 g/mol. The van der Waals surface area contributed by atoms with Crippen LogP contribution in [0.15, 0.2) is 11.6 Å². The van der Waals surface area contributed by atoms with Crippen molar-refractivity contribution in [1.29, 1.82) is 0 Å². The van der Waals surface area contributed by atoms with Gasteiger partial charge in [-0.2, -0.15) is 0 Å². The topological polar surface area (TPSA) is 77.8 Å². The van der Waals surface area contributed by atoms with E-state index in [1.807, 2.05) is 0 Å². The van der Waals surface area contributed by atoms with E-state index in [1.165, 1.54) is 0 Å². The molecular weight excluding hydrogens is 486 g/mol. The minimum atomic E-state index is -0.439. The van der Waals surface area contributed by atoms with Crippen LogP contribution >= 0.6 is 0 Å². The van der Waals surface area contributed by atoms with Crippen LogP contribution in [-0.4, -0.2) is 53.1 Å². The molecule has 0 radical (unpaired) electrons. The zero-order valence-corrected chi connectivity index (χ0v) is 25.8. The largest absolute Gasteiger partial charge is 0.395 e. The van der Waals surface area contributed by atoms with Crippen LogP contribution in [0.2, 0.25) is 0 Å². The highest BCUT2D eigenvalue weighted by molar-refractivity contribution is 5.86. The number of allylic oxidation sites excluding steroid dienone is 2. The summed E-state index contributed by atoms with van der Waals surface area (Å²) >= 11 is 0. The van der Waals surface area contributed by atoms with Gasteiger partial charge < -0.3 is 15.1 Å². The van der Waals surface area contributed by atoms with E-state index in [0.29, 0.717) is 49.0 Å². The molecule has 0 heterocycles. The smallest absolute Gasteiger partial charge is 0.229 e. The Labute approximate surface area is 237 Å². The van der Waals surface area contributed by atoms with Gasteiger partial charge in [-0.15, -0.1) is 0 Å². The number of aliphatic hydroxyl groups excluding tert-OH is 2. The van der Waals surface area contributed by atoms with Crippen LogP contribution in [-0.2, 0) is 9.59 Å². The molecular formula is C34H55NO4. The van der Waals surface area contributed by atoms with Crippen LogP contribution in [0, 0.1) is 56.7 Å². The summed E-state index contributed by atoms with van der Waals surface area (Å²) in [5, 5.41) is 19.5. The van der Waals surface area contributed by atoms with Gasteiger partial charge in [-0.3, -0.25) is 9.59 Å². The van der Waals surface area contributed by atoms with E-state index < -0.39 is 5.41 Å². The van der Waals surface area contributed by atoms with Crippen molar-refractivity contribution in [2.45, 2.75) is 106 Å². The molecule has 9 atom stereocenters. The summed E-state index contributed by atoms with van der Waals surface area (Å²) in [5.74, 6) is 2.78. The Balaban J connectivity index is 1.59. The first-order valence-corrected chi connectivity index (χ1v) is 16.0. The normalized spacial score (nSPS) is 46.7. The number of amides is 1. The summed E-state index contributed by atoms with van der Waals surface area (Å²) in [5.41, 5.74) is 1.19. The number of ketones is 1. The highest BCUT2D eigenvalue weighted by atomic mass is 16.3. The summed E-state index contributed by atoms with van der Waals surface area (Å²) in [4.78, 5) is 29.2. The standard InChI is InChI=1S/C34H55NO4/c1-22-10-15-34(29(39)35(18-20-36)19-21-37)17-16-32(6)24(28(34)23(22)2)8-9-26-31(5)13-12-27(38)30(3,4)25(31)11-14-33(26,32)7/h8,22-23,25-26,28,36-37H,9-21H2,1-7H3/t22-,23+,25+,26-,28+,31+,32-,33-,34+/m1/s1. The fourth-order valence-corrected chi connectivity index (χ4v) is 11.5. The quantitative estimate of drug-likeness (QED) is 0.417. The Morgan fingerprint density at radius 1 is 0.923 bits per heavy atom. The predicted octanol–water partition coefficient (Wildman–Crippen LogP) is 6.03. The molecule has 0 saturated heterocycles. The molecule has 0 unspecified atom stereocenters. The van der Waals surface area contributed by atoms with Crippen molar-refractivity contribution < 1.29 is 19.8 Å². The summed E-state index contributed by atoms with van der Waals surface area (Å²) in [6.45, 7) is 17.2. The van der Waals surface area contributed by atoms with Crippen molar-refractivity contribution in [2.24, 2.45) is 56.7 Å². The van der Waals surface area contributed by atoms with Crippen molar-refractivity contribution in [3.63, 3.8) is 0 Å². The number of fused-ring (bicyclic) bond motifs is 7. The second kappa shape index (κ2) is 9.68. The van der Waals surface area contributed by atoms with Crippen LogP contribution in [0.3, 0.4) is 0 Å². The Hall–Kier alpha value is -1.20. The zero-order valence-electron chi connectivity index (χ0n) is 25.8. The predicted molar refractivity (Wildman–Crippen MR) is 155 cm³/mol. The lowest BCUT2D eigenvalue weighted by molar-refractivity contribution is -0.189. The van der Waals surface area contributed by atoms with Crippen LogP contribution in [0.4, 0.5) is 0 Å². The molecule has 4 saturated carbocycles. The summed E-state index contributed by atoms with van der Waals surface area (Å²) in [6, 6.07) is 0. The average Bonchev–Trinajstić information content (AvgIpc) is 2.88. The molecule has 0 bridgehead atoms. The Morgan fingerprint density at radius 3 is 2.23 bits per heavy atom. The first-order chi connectivity index (χ1) is 18.2. The fraction of sp³-hybridized carbons (Fsp3) is 0.882. The third-order valence-corrected chi connectivity index (χ3v) is 14.2. The number of hydrogen-bond acceptors (Lipinski definition) is 4. The number of Topliss-reactive ketones (excluding diaryl/α,β-unsaturated/α-hetero) is 1. The van der Waals surface area contributed by atoms with Gasteiger partial charge in [0.1, 0.15) is 5.78 Å². The van der Waals surface area contributed by atoms with Gasteiger partial charge in [0.15, 0.2) is 0 Å². The molecule has 2 N–H and O–H groups in total. The number of aliphatic hydroxyl groups is 2. The van der Waals surface area contributed by atoms with Gasteiger partial charge in [-0.1, -0.05) is 60.1 Å². The maximum atomic E-state index is 14.4. The van der Waals surface area contributed by atoms with Gasteiger partial charge in [-0.25, -0.2) is 0 Å². The van der Waals surface area contributed by atoms with Gasteiger partial charge in [0.25, 0.3) is 0 Å². The minimum absolute atomic E-state index is 0.0358. The molecule has 0 aromatic heterocycles. The van der Waals surface area contributed by atoms with E-state index in [0.717, 1.165) is 51.4 Å². The van der Waals surface area contributed by atoms with Gasteiger partial charge in [0, 0.05) is 24.9 Å². The molecule has 5 aliphatic rings. The molecule has 0 aliphatic heterocycles. The third kappa shape index (κ3) is 3.84. The van der Waals surface area contributed by atoms with Gasteiger partial charge in [0.05, 0.1) is 18.6 Å². The molecule has 4 fully saturated rings. The van der Waals surface area contributed by atoms with E-state index >= 15 is 0 Å². The van der Waals surface area contributed by atoms with Gasteiger partial charge in [-0.05, 0) is 97.2 Å². The third-order valence-electron chi connectivity index (χ3n) is 14.2. The van der Waals surface area contributed by atoms with E-state index in [9.17, 15) is 19.8 Å². The molecule has 220 valence electrons. The van der Waals surface area contributed by atoms with Crippen LogP contribution in [0.25, 0.3) is 0 Å². The monoisotopic (exact) mass is 541 g/mol. The van der Waals surface area contributed by atoms with Crippen molar-refractivity contribution in [3.8, 4) is 0 Å². The Bertz CT molecular complexity index is 1030. The van der Waals surface area contributed by atoms with Gasteiger partial charge >= 0.3 is 0 Å². The summed E-state index contributed by atoms with van der Waals surface area (Å²) in [7, 11) is 0. The number of hydrogen-bond donors (Lipinski definition) is 2. The molecule has 0 aromatic rings. The minimum Gasteiger partial charge on any atom is -0.395 e. The maximum absolute atomic E-state index is 14.4. The molecule has 5 heteroatoms. The van der Waals surface area contributed by atoms with Crippen molar-refractivity contribution in [2.75, 3.05) is 26.3 Å². The highest BCUT2D eigenvalue weighted by Gasteiger charge is 2.69. The van der Waals surface area contributed by atoms with E-state index in [-0.39, 0.29) is 46.7 Å². The first-order valence-electron chi connectivity index (χ1n) is 16.0. The number of rotatable bonds is 5. The lowest BCUT2D eigenvalue weighted by atomic mass is 9.33. The maximum Gasteiger partial charge on any atom is 0.229 e. The first kappa shape index (κ1) is 29.3. The molecule has 5 nitrogen and oxygen atoms in total. The zero-order chi connectivity index (χ0) is 28.6. The van der Waals surface area contributed by atoms with Crippen molar-refractivity contribution in [3.05, 3.63) is 11.6 Å². The number of carbonyl (C=O) groups excluding carboxylic acids is 2. The second-order valence-electron chi connectivity index (χ2n) is 15.7. The molecule has 39 heavy (non-hydrogen) atoms. The number of carbonyl (C=O) groups is 2. The summed E-state index contributed by atoms with van der Waals surface area (Å²) < 4.78 is 0. The Morgan fingerprint density at radius 2 is 1.59 bits per heavy atom. The molecule has 5 rings (SSSR count). The lowest BCUT2D eigenvalue weighted by Crippen LogP contribution is -2.65. The van der Waals surface area contributed by atoms with E-state index in [4.69, 9.17) is 0 Å². The summed E-state index contributed by atoms with van der Waals surface area (Å²) in [6.07, 6.45) is 11.5. The van der Waals surface area contributed by atoms with Crippen LogP contribution in [0.1, 0.15) is 106 Å². The van der Waals surface area contributed by atoms with Crippen molar-refractivity contribution in [1.82, 2.24) is 4.90 Å². The fourth-order valence-electron chi connectivity index (χ4n) is 11.5. The molecule has 0 aromatic carbocycles. The molecule has 1 amide bonds. The number of nitrogens with zero attached hydrogens (tertiary/aromatic N) is 1. The Kier molecular flexibility index (Phi) is 7.27. The molecule has 5 aliphatic carbocycles. The van der Waals surface area contributed by atoms with Crippen molar-refractivity contribution >= 4 is 11.7 Å². The molecule has 0 spiro atoms. The lowest BCUT2D eigenvalue weighted by Gasteiger charge is -2.71. The second-order valence-corrected chi connectivity index (χ2v) is 15.7. The van der Waals surface area contributed by atoms with E-state index in [1.54, 1.807) is 10.5 Å². The van der Waals surface area contributed by atoms with Crippen LogP contribution in [0.5, 0.6) is 0 Å². The SMILES string of the molecule is C[C@H]1[C@H](C)CC[C@]2(C(=O)N(CCO)CCO)CC[C@]3(C)C(=CC[C@@H]4[C@@]5(C)CCC(=O)C(C)(C)[C@@H]5CC[C@]43C)[C@H]12.